The summed E-state index contributed by atoms with van der Waals surface area (Å²) in [5, 5.41) is 0. The fraction of sp³-hybridized carbons (Fsp3) is 0.480. The molecule has 0 spiro atoms. The second kappa shape index (κ2) is 12.0. The van der Waals surface area contributed by atoms with Gasteiger partial charge >= 0.3 is 5.97 Å². The normalized spacial score (nSPS) is 22.2. The highest BCUT2D eigenvalue weighted by Gasteiger charge is 2.39. The third-order valence-electron chi connectivity index (χ3n) is 5.34. The van der Waals surface area contributed by atoms with E-state index in [1.54, 1.807) is 24.3 Å². The van der Waals surface area contributed by atoms with Gasteiger partial charge in [-0.1, -0.05) is 56.3 Å². The highest BCUT2D eigenvalue weighted by molar-refractivity contribution is 6.44. The van der Waals surface area contributed by atoms with Crippen LogP contribution in [0.4, 0.5) is 0 Å². The second-order valence-corrected chi connectivity index (χ2v) is 9.51. The maximum Gasteiger partial charge on any atom is 0.338 e. The summed E-state index contributed by atoms with van der Waals surface area (Å²) in [6, 6.07) is 16.8. The summed E-state index contributed by atoms with van der Waals surface area (Å²) < 4.78 is 24.0. The lowest BCUT2D eigenvalue weighted by molar-refractivity contribution is -0.291. The minimum absolute atomic E-state index is 0.153. The van der Waals surface area contributed by atoms with Crippen molar-refractivity contribution in [3.63, 3.8) is 0 Å². The first-order valence-electron chi connectivity index (χ1n) is 10.8. The summed E-state index contributed by atoms with van der Waals surface area (Å²) in [4.78, 5) is 12.1. The molecule has 0 radical (unpaired) electrons. The van der Waals surface area contributed by atoms with E-state index in [0.29, 0.717) is 25.2 Å². The van der Waals surface area contributed by atoms with Gasteiger partial charge in [0.05, 0.1) is 18.8 Å². The first kappa shape index (κ1) is 25.0. The molecule has 1 saturated heterocycles. The van der Waals surface area contributed by atoms with Gasteiger partial charge in [0.1, 0.15) is 23.1 Å². The molecule has 5 nitrogen and oxygen atoms in total. The molecular formula is C25H30Cl2O5. The van der Waals surface area contributed by atoms with Gasteiger partial charge in [-0.3, -0.25) is 0 Å². The smallest absolute Gasteiger partial charge is 0.338 e. The molecule has 1 aliphatic rings. The summed E-state index contributed by atoms with van der Waals surface area (Å²) in [6.45, 7) is 6.56. The van der Waals surface area contributed by atoms with Crippen LogP contribution in [0.1, 0.15) is 42.3 Å². The Morgan fingerprint density at radius 3 is 2.34 bits per heavy atom. The number of halogens is 2. The van der Waals surface area contributed by atoms with E-state index in [0.717, 1.165) is 11.1 Å². The number of rotatable bonds is 9. The van der Waals surface area contributed by atoms with E-state index in [1.807, 2.05) is 51.1 Å². The summed E-state index contributed by atoms with van der Waals surface area (Å²) in [6.07, 6.45) is -1.25. The zero-order valence-corrected chi connectivity index (χ0v) is 20.1. The van der Waals surface area contributed by atoms with Gasteiger partial charge in [-0.15, -0.1) is 23.2 Å². The second-order valence-electron chi connectivity index (χ2n) is 8.24. The summed E-state index contributed by atoms with van der Waals surface area (Å²) >= 11 is 12.0. The van der Waals surface area contributed by atoms with E-state index < -0.39 is 35.4 Å². The number of alkyl halides is 2. The molecule has 1 fully saturated rings. The Balaban J connectivity index is 1.70. The fourth-order valence-electron chi connectivity index (χ4n) is 3.61. The molecule has 2 aromatic rings. The Labute approximate surface area is 199 Å². The highest BCUT2D eigenvalue weighted by atomic mass is 35.5. The van der Waals surface area contributed by atoms with E-state index in [4.69, 9.17) is 42.1 Å². The van der Waals surface area contributed by atoms with Crippen LogP contribution >= 0.6 is 23.2 Å². The van der Waals surface area contributed by atoms with Gasteiger partial charge in [-0.25, -0.2) is 4.79 Å². The Kier molecular flexibility index (Phi) is 9.38. The maximum atomic E-state index is 12.6. The molecule has 1 unspecified atom stereocenters. The lowest BCUT2D eigenvalue weighted by atomic mass is 10.0. The molecule has 32 heavy (non-hydrogen) atoms. The molecule has 4 atom stereocenters. The van der Waals surface area contributed by atoms with Crippen molar-refractivity contribution in [3.8, 4) is 0 Å². The largest absolute Gasteiger partial charge is 0.456 e. The number of benzene rings is 2. The molecule has 0 aliphatic carbocycles. The predicted octanol–water partition coefficient (Wildman–Crippen LogP) is 5.56. The zero-order chi connectivity index (χ0) is 23.1. The van der Waals surface area contributed by atoms with Crippen molar-refractivity contribution in [2.45, 2.75) is 63.2 Å². The van der Waals surface area contributed by atoms with Crippen molar-refractivity contribution in [3.05, 3.63) is 71.3 Å². The lowest BCUT2D eigenvalue weighted by Crippen LogP contribution is -2.52. The molecule has 174 valence electrons. The molecule has 7 heteroatoms. The molecule has 3 rings (SSSR count). The quantitative estimate of drug-likeness (QED) is 0.347. The van der Waals surface area contributed by atoms with Crippen molar-refractivity contribution in [2.24, 2.45) is 5.92 Å². The fourth-order valence-corrected chi connectivity index (χ4v) is 3.94. The van der Waals surface area contributed by atoms with Crippen LogP contribution in [-0.2, 0) is 32.0 Å². The SMILES string of the molecule is CC(C)[C@H]1OC[C@@H](OCc2ccccc2CC(Cl)Cl)[C@@H](C(C)OC(=O)c2ccccc2)O1. The van der Waals surface area contributed by atoms with Gasteiger partial charge < -0.3 is 18.9 Å². The number of esters is 1. The Bertz CT molecular complexity index is 858. The molecule has 0 amide bonds. The van der Waals surface area contributed by atoms with Gasteiger partial charge in [0.2, 0.25) is 0 Å². The third-order valence-corrected chi connectivity index (χ3v) is 5.65. The van der Waals surface area contributed by atoms with E-state index in [1.165, 1.54) is 0 Å². The highest BCUT2D eigenvalue weighted by Crippen LogP contribution is 2.26. The predicted molar refractivity (Wildman–Crippen MR) is 125 cm³/mol. The number of hydrogen-bond acceptors (Lipinski definition) is 5. The number of ether oxygens (including phenoxy) is 4. The van der Waals surface area contributed by atoms with E-state index >= 15 is 0 Å². The van der Waals surface area contributed by atoms with Crippen LogP contribution in [0.5, 0.6) is 0 Å². The van der Waals surface area contributed by atoms with Crippen molar-refractivity contribution in [2.75, 3.05) is 6.61 Å². The van der Waals surface area contributed by atoms with Crippen LogP contribution in [0.2, 0.25) is 0 Å². The summed E-state index contributed by atoms with van der Waals surface area (Å²) in [5.41, 5.74) is 2.52. The average Bonchev–Trinajstić information content (AvgIpc) is 2.78. The van der Waals surface area contributed by atoms with Crippen molar-refractivity contribution < 1.29 is 23.7 Å². The average molecular weight is 481 g/mol. The third kappa shape index (κ3) is 6.93. The van der Waals surface area contributed by atoms with Gasteiger partial charge in [-0.05, 0) is 30.2 Å². The Morgan fingerprint density at radius 1 is 1.03 bits per heavy atom. The minimum atomic E-state index is -0.525. The number of carbonyl (C=O) groups is 1. The standard InChI is InChI=1S/C25H30Cl2O5/c1-16(2)25-30-15-21(29-14-20-12-8-7-11-19(20)13-22(26)27)23(32-25)17(3)31-24(28)18-9-5-4-6-10-18/h4-12,16-17,21-23,25H,13-15H2,1-3H3/t17?,21-,23-,25+/m1/s1. The van der Waals surface area contributed by atoms with Crippen LogP contribution in [-0.4, -0.2) is 42.0 Å². The zero-order valence-electron chi connectivity index (χ0n) is 18.6. The molecule has 0 N–H and O–H groups in total. The minimum Gasteiger partial charge on any atom is -0.456 e. The topological polar surface area (TPSA) is 54.0 Å². The van der Waals surface area contributed by atoms with Crippen LogP contribution in [0, 0.1) is 5.92 Å². The van der Waals surface area contributed by atoms with Crippen molar-refractivity contribution in [1.82, 2.24) is 0 Å². The van der Waals surface area contributed by atoms with Crippen LogP contribution in [0.15, 0.2) is 54.6 Å². The van der Waals surface area contributed by atoms with Crippen LogP contribution < -0.4 is 0 Å². The van der Waals surface area contributed by atoms with Crippen molar-refractivity contribution in [1.29, 1.82) is 0 Å². The monoisotopic (exact) mass is 480 g/mol. The molecule has 1 aliphatic heterocycles. The van der Waals surface area contributed by atoms with E-state index in [2.05, 4.69) is 0 Å². The Hall–Kier alpha value is -1.63. The first-order valence-corrected chi connectivity index (χ1v) is 11.7. The van der Waals surface area contributed by atoms with Gasteiger partial charge in [0, 0.05) is 12.3 Å². The van der Waals surface area contributed by atoms with Gasteiger partial charge in [-0.2, -0.15) is 0 Å². The van der Waals surface area contributed by atoms with Crippen LogP contribution in [0.25, 0.3) is 0 Å². The van der Waals surface area contributed by atoms with Gasteiger partial charge in [0.25, 0.3) is 0 Å². The molecule has 1 heterocycles. The molecule has 0 saturated carbocycles. The maximum absolute atomic E-state index is 12.6. The molecule has 0 aromatic heterocycles. The van der Waals surface area contributed by atoms with Crippen molar-refractivity contribution >= 4 is 29.2 Å². The molecular weight excluding hydrogens is 451 g/mol. The van der Waals surface area contributed by atoms with E-state index in [9.17, 15) is 4.79 Å². The molecule has 0 bridgehead atoms. The van der Waals surface area contributed by atoms with E-state index in [-0.39, 0.29) is 5.92 Å². The first-order chi connectivity index (χ1) is 15.3. The summed E-state index contributed by atoms with van der Waals surface area (Å²) in [5.74, 6) is -0.241. The number of hydrogen-bond donors (Lipinski definition) is 0. The lowest BCUT2D eigenvalue weighted by Gasteiger charge is -2.40. The Morgan fingerprint density at radius 2 is 1.69 bits per heavy atom. The van der Waals surface area contributed by atoms with Gasteiger partial charge in [0.15, 0.2) is 6.29 Å². The summed E-state index contributed by atoms with van der Waals surface area (Å²) in [7, 11) is 0. The van der Waals surface area contributed by atoms with Crippen LogP contribution in [0.3, 0.4) is 0 Å². The number of carbonyl (C=O) groups excluding carboxylic acids is 1. The molecule has 2 aromatic carbocycles.